The third-order valence-corrected chi connectivity index (χ3v) is 13.6. The van der Waals surface area contributed by atoms with Crippen molar-refractivity contribution in [3.63, 3.8) is 0 Å². The van der Waals surface area contributed by atoms with Gasteiger partial charge in [0.25, 0.3) is 6.71 Å². The number of rotatable bonds is 6. The minimum Gasteiger partial charge on any atom is -0.458 e. The lowest BCUT2D eigenvalue weighted by atomic mass is 9.34. The molecule has 0 radical (unpaired) electrons. The third-order valence-electron chi connectivity index (χ3n) is 13.6. The van der Waals surface area contributed by atoms with E-state index in [1.54, 1.807) is 12.1 Å². The third kappa shape index (κ3) is 5.47. The zero-order valence-corrected chi connectivity index (χ0v) is 34.7. The van der Waals surface area contributed by atoms with Crippen LogP contribution in [0, 0.1) is 0 Å². The van der Waals surface area contributed by atoms with Gasteiger partial charge in [-0.05, 0) is 120 Å². The number of fused-ring (bicyclic) bond motifs is 7. The minimum atomic E-state index is -0.694. The van der Waals surface area contributed by atoms with Gasteiger partial charge in [-0.15, -0.1) is 0 Å². The molecule has 2 heterocycles. The summed E-state index contributed by atoms with van der Waals surface area (Å²) in [5.41, 5.74) is 18.2. The molecule has 10 aromatic rings. The highest BCUT2D eigenvalue weighted by Crippen LogP contribution is 2.57. The second-order valence-corrected chi connectivity index (χ2v) is 16.9. The predicted octanol–water partition coefficient (Wildman–Crippen LogP) is 13.5. The summed E-state index contributed by atoms with van der Waals surface area (Å²) in [5.74, 6) is 1.51. The molecule has 0 saturated heterocycles. The number of hydrogen-bond donors (Lipinski definition) is 0. The summed E-state index contributed by atoms with van der Waals surface area (Å²) >= 11 is 0. The maximum absolute atomic E-state index is 8.57. The molecule has 0 atom stereocenters. The first-order valence-electron chi connectivity index (χ1n) is 23.8. The number of hydrogen-bond acceptors (Lipinski definition) is 2. The Kier molecular flexibility index (Phi) is 7.36. The molecule has 10 aromatic carbocycles. The molecule has 13 rings (SSSR count). The first kappa shape index (κ1) is 32.6. The Bertz CT molecular complexity index is 3580. The first-order chi connectivity index (χ1) is 33.3. The van der Waals surface area contributed by atoms with Crippen molar-refractivity contribution in [3.05, 3.63) is 265 Å². The van der Waals surface area contributed by atoms with E-state index < -0.39 is 5.41 Å². The molecular formula is C61H40BNO. The van der Waals surface area contributed by atoms with Crippen LogP contribution in [0.5, 0.6) is 11.5 Å². The van der Waals surface area contributed by atoms with Gasteiger partial charge in [0, 0.05) is 17.1 Å². The van der Waals surface area contributed by atoms with E-state index in [0.29, 0.717) is 12.1 Å². The van der Waals surface area contributed by atoms with E-state index in [9.17, 15) is 0 Å². The molecule has 2 aliphatic heterocycles. The fraction of sp³-hybridized carbons (Fsp3) is 0.0164. The standard InChI is InChI=1S/C61H40BNO/c1-5-17-41(18-6-1)44-29-33-49(34-30-44)63-56-35-31-45(42-19-7-2-8-20-42)37-54(56)62-55-38-46(43-21-9-3-10-22-43)32-36-58(55)64-59-40-48(39-57(63)60(59)62)61(47-23-11-4-12-24-47)52-27-15-13-25-50(52)51-26-14-16-28-53(51)61/h1-40H/i7D,8D,9D,10D. The van der Waals surface area contributed by atoms with Crippen molar-refractivity contribution < 1.29 is 10.2 Å². The molecular weight excluding hydrogens is 773 g/mol. The molecule has 64 heavy (non-hydrogen) atoms. The van der Waals surface area contributed by atoms with Gasteiger partial charge in [-0.2, -0.15) is 0 Å². The molecule has 3 aliphatic rings. The van der Waals surface area contributed by atoms with E-state index in [1.165, 1.54) is 22.3 Å². The van der Waals surface area contributed by atoms with Gasteiger partial charge in [0.2, 0.25) is 0 Å². The lowest BCUT2D eigenvalue weighted by Gasteiger charge is -2.42. The van der Waals surface area contributed by atoms with Crippen LogP contribution < -0.4 is 26.0 Å². The van der Waals surface area contributed by atoms with Gasteiger partial charge in [0.1, 0.15) is 11.5 Å². The molecule has 1 aliphatic carbocycles. The summed E-state index contributed by atoms with van der Waals surface area (Å²) in [6.45, 7) is -0.298. The van der Waals surface area contributed by atoms with E-state index in [2.05, 4.69) is 169 Å². The lowest BCUT2D eigenvalue weighted by Crippen LogP contribution is -2.59. The van der Waals surface area contributed by atoms with Crippen LogP contribution in [0.15, 0.2) is 243 Å². The Hall–Kier alpha value is -8.14. The van der Waals surface area contributed by atoms with Crippen LogP contribution in [0.2, 0.25) is 0 Å². The zero-order valence-electron chi connectivity index (χ0n) is 38.7. The van der Waals surface area contributed by atoms with Gasteiger partial charge >= 0.3 is 0 Å². The van der Waals surface area contributed by atoms with E-state index >= 15 is 0 Å². The maximum atomic E-state index is 8.57. The van der Waals surface area contributed by atoms with Crippen molar-refractivity contribution in [2.24, 2.45) is 0 Å². The average molecular weight is 818 g/mol. The van der Waals surface area contributed by atoms with E-state index in [1.807, 2.05) is 42.5 Å². The minimum absolute atomic E-state index is 0.288. The number of nitrogens with zero attached hydrogens (tertiary/aromatic N) is 1. The first-order valence-corrected chi connectivity index (χ1v) is 21.8. The summed E-state index contributed by atoms with van der Waals surface area (Å²) in [5, 5.41) is 0. The van der Waals surface area contributed by atoms with E-state index in [0.717, 1.165) is 89.5 Å². The molecule has 0 unspecified atom stereocenters. The highest BCUT2D eigenvalue weighted by molar-refractivity contribution is 6.99. The van der Waals surface area contributed by atoms with Crippen molar-refractivity contribution in [2.75, 3.05) is 4.90 Å². The molecule has 298 valence electrons. The molecule has 0 aromatic heterocycles. The van der Waals surface area contributed by atoms with E-state index in [4.69, 9.17) is 10.2 Å². The topological polar surface area (TPSA) is 12.5 Å². The molecule has 0 bridgehead atoms. The quantitative estimate of drug-likeness (QED) is 0.155. The molecule has 0 fully saturated rings. The lowest BCUT2D eigenvalue weighted by molar-refractivity contribution is 0.486. The van der Waals surface area contributed by atoms with Gasteiger partial charge in [-0.25, -0.2) is 0 Å². The average Bonchev–Trinajstić information content (AvgIpc) is 3.67. The van der Waals surface area contributed by atoms with Crippen molar-refractivity contribution in [1.82, 2.24) is 0 Å². The van der Waals surface area contributed by atoms with Gasteiger partial charge in [0.15, 0.2) is 0 Å². The van der Waals surface area contributed by atoms with Crippen LogP contribution in [0.4, 0.5) is 17.1 Å². The largest absolute Gasteiger partial charge is 0.458 e. The Balaban J connectivity index is 1.12. The number of anilines is 3. The Labute approximate surface area is 380 Å². The summed E-state index contributed by atoms with van der Waals surface area (Å²) in [4.78, 5) is 2.39. The summed E-state index contributed by atoms with van der Waals surface area (Å²) in [7, 11) is 0. The van der Waals surface area contributed by atoms with Crippen LogP contribution in [0.25, 0.3) is 44.5 Å². The van der Waals surface area contributed by atoms with Crippen molar-refractivity contribution >= 4 is 40.2 Å². The van der Waals surface area contributed by atoms with Crippen molar-refractivity contribution in [1.29, 1.82) is 0 Å². The molecule has 0 amide bonds. The van der Waals surface area contributed by atoms with Gasteiger partial charge in [-0.1, -0.05) is 206 Å². The van der Waals surface area contributed by atoms with Crippen LogP contribution in [-0.2, 0) is 5.41 Å². The Morgan fingerprint density at radius 1 is 0.391 bits per heavy atom. The smallest absolute Gasteiger partial charge is 0.256 e. The van der Waals surface area contributed by atoms with Crippen molar-refractivity contribution in [2.45, 2.75) is 5.41 Å². The van der Waals surface area contributed by atoms with Crippen LogP contribution in [-0.4, -0.2) is 6.71 Å². The normalized spacial score (nSPS) is 14.4. The Morgan fingerprint density at radius 2 is 0.922 bits per heavy atom. The van der Waals surface area contributed by atoms with Crippen LogP contribution >= 0.6 is 0 Å². The van der Waals surface area contributed by atoms with Gasteiger partial charge in [-0.3, -0.25) is 0 Å². The summed E-state index contributed by atoms with van der Waals surface area (Å²) < 4.78 is 41.4. The molecule has 0 saturated carbocycles. The van der Waals surface area contributed by atoms with Crippen LogP contribution in [0.3, 0.4) is 0 Å². The molecule has 3 heteroatoms. The van der Waals surface area contributed by atoms with E-state index in [-0.39, 0.29) is 18.8 Å². The van der Waals surface area contributed by atoms with Gasteiger partial charge in [0.05, 0.1) is 10.9 Å². The molecule has 2 nitrogen and oxygen atoms in total. The highest BCUT2D eigenvalue weighted by Gasteiger charge is 2.49. The van der Waals surface area contributed by atoms with Crippen molar-refractivity contribution in [3.8, 4) is 56.0 Å². The fourth-order valence-electron chi connectivity index (χ4n) is 10.8. The number of benzene rings is 10. The molecule has 0 spiro atoms. The summed E-state index contributed by atoms with van der Waals surface area (Å²) in [6.07, 6.45) is 0. The maximum Gasteiger partial charge on any atom is 0.256 e. The second-order valence-electron chi connectivity index (χ2n) is 16.9. The Morgan fingerprint density at radius 3 is 1.58 bits per heavy atom. The van der Waals surface area contributed by atoms with Gasteiger partial charge < -0.3 is 9.64 Å². The molecule has 0 N–H and O–H groups in total. The monoisotopic (exact) mass is 817 g/mol. The SMILES string of the molecule is [2H]c1cc([2H])cc(-c2ccc3c(c2)B2c4cc(-c5cc([2H])cc([2H])c5)ccc4N(c4ccc(-c5ccccc5)cc4)c4cc(C5(c6ccccc6)c6ccccc6-c6ccccc65)cc(c42)O3)c1. The summed E-state index contributed by atoms with van der Waals surface area (Å²) in [6, 6.07) is 76.9. The second kappa shape index (κ2) is 14.5. The number of ether oxygens (including phenoxy) is 1. The zero-order chi connectivity index (χ0) is 45.7. The fourth-order valence-corrected chi connectivity index (χ4v) is 10.8. The predicted molar refractivity (Wildman–Crippen MR) is 266 cm³/mol. The highest BCUT2D eigenvalue weighted by atomic mass is 16.5. The van der Waals surface area contributed by atoms with Crippen LogP contribution in [0.1, 0.15) is 27.7 Å².